The monoisotopic (exact) mass is 439 g/mol. The molecule has 154 valence electrons. The van der Waals surface area contributed by atoms with E-state index in [1.54, 1.807) is 23.5 Å². The first-order chi connectivity index (χ1) is 14.6. The number of nitrogens with zero attached hydrogens (tertiary/aromatic N) is 1. The number of carbonyl (C=O) groups is 2. The van der Waals surface area contributed by atoms with Gasteiger partial charge in [0.2, 0.25) is 0 Å². The molecule has 5 nitrogen and oxygen atoms in total. The number of amides is 2. The normalized spacial score (nSPS) is 13.6. The molecule has 3 aromatic rings. The molecule has 0 aliphatic carbocycles. The first-order valence-electron chi connectivity index (χ1n) is 9.80. The van der Waals surface area contributed by atoms with E-state index < -0.39 is 11.8 Å². The molecule has 0 saturated carbocycles. The van der Waals surface area contributed by atoms with Crippen LogP contribution in [-0.4, -0.2) is 24.9 Å². The average molecular weight is 440 g/mol. The van der Waals surface area contributed by atoms with Crippen LogP contribution >= 0.6 is 22.9 Å². The molecule has 0 fully saturated rings. The lowest BCUT2D eigenvalue weighted by molar-refractivity contribution is -0.139. The number of hydrogen-bond donors (Lipinski definition) is 2. The van der Waals surface area contributed by atoms with Crippen LogP contribution in [0, 0.1) is 0 Å². The highest BCUT2D eigenvalue weighted by atomic mass is 35.5. The molecule has 1 atom stereocenters. The summed E-state index contributed by atoms with van der Waals surface area (Å²) < 4.78 is 0. The zero-order valence-corrected chi connectivity index (χ0v) is 17.9. The van der Waals surface area contributed by atoms with Gasteiger partial charge in [0, 0.05) is 35.2 Å². The van der Waals surface area contributed by atoms with Gasteiger partial charge in [-0.2, -0.15) is 0 Å². The van der Waals surface area contributed by atoms with Crippen LogP contribution in [0.2, 0.25) is 5.02 Å². The van der Waals surface area contributed by atoms with Crippen LogP contribution in [0.4, 0.5) is 5.69 Å². The summed E-state index contributed by atoms with van der Waals surface area (Å²) in [5.41, 5.74) is 3.38. The van der Waals surface area contributed by atoms with E-state index in [9.17, 15) is 9.59 Å². The predicted molar refractivity (Wildman–Crippen MR) is 121 cm³/mol. The summed E-state index contributed by atoms with van der Waals surface area (Å²) in [5, 5.41) is 8.14. The number of fused-ring (bicyclic) bond motifs is 1. The molecule has 2 N–H and O–H groups in total. The smallest absolute Gasteiger partial charge is 0.309 e. The Hall–Kier alpha value is -2.83. The van der Waals surface area contributed by atoms with Crippen molar-refractivity contribution >= 4 is 40.4 Å². The van der Waals surface area contributed by atoms with Crippen LogP contribution in [0.5, 0.6) is 0 Å². The van der Waals surface area contributed by atoms with Crippen LogP contribution in [-0.2, 0) is 22.6 Å². The number of rotatable bonds is 6. The lowest BCUT2D eigenvalue weighted by Gasteiger charge is -2.30. The topological polar surface area (TPSA) is 61.4 Å². The Bertz CT molecular complexity index is 1020. The van der Waals surface area contributed by atoms with Gasteiger partial charge >= 0.3 is 11.8 Å². The quantitative estimate of drug-likeness (QED) is 0.572. The zero-order chi connectivity index (χ0) is 20.9. The molecule has 1 aliphatic rings. The second-order valence-electron chi connectivity index (χ2n) is 7.12. The molecule has 4 rings (SSSR count). The van der Waals surface area contributed by atoms with Crippen LogP contribution in [0.3, 0.4) is 0 Å². The fourth-order valence-electron chi connectivity index (χ4n) is 3.67. The third-order valence-electron chi connectivity index (χ3n) is 5.20. The van der Waals surface area contributed by atoms with Crippen LogP contribution in [0.1, 0.15) is 22.0 Å². The molecule has 2 heterocycles. The van der Waals surface area contributed by atoms with E-state index in [4.69, 9.17) is 11.6 Å². The number of thiophene rings is 1. The van der Waals surface area contributed by atoms with E-state index in [1.165, 1.54) is 11.3 Å². The standard InChI is InChI=1S/C23H22ClN3O2S/c24-18-9-7-16(8-10-18)14-25-22(28)23(29)26-15-20(21-6-3-13-30-21)27-12-11-17-4-1-2-5-19(17)27/h1-10,13,20H,11-12,14-15H2,(H,25,28)(H,26,29). The fourth-order valence-corrected chi connectivity index (χ4v) is 4.63. The lowest BCUT2D eigenvalue weighted by atomic mass is 10.1. The average Bonchev–Trinajstić information content (AvgIpc) is 3.44. The van der Waals surface area contributed by atoms with E-state index in [1.807, 2.05) is 29.6 Å². The molecule has 0 bridgehead atoms. The third-order valence-corrected chi connectivity index (χ3v) is 6.42. The highest BCUT2D eigenvalue weighted by Crippen LogP contribution is 2.36. The molecule has 0 saturated heterocycles. The van der Waals surface area contributed by atoms with Crippen molar-refractivity contribution in [1.29, 1.82) is 0 Å². The maximum absolute atomic E-state index is 12.4. The summed E-state index contributed by atoms with van der Waals surface area (Å²) in [7, 11) is 0. The molecular weight excluding hydrogens is 418 g/mol. The van der Waals surface area contributed by atoms with Gasteiger partial charge in [0.05, 0.1) is 6.04 Å². The van der Waals surface area contributed by atoms with Gasteiger partial charge in [-0.05, 0) is 47.2 Å². The van der Waals surface area contributed by atoms with Gasteiger partial charge in [-0.15, -0.1) is 11.3 Å². The number of para-hydroxylation sites is 1. The van der Waals surface area contributed by atoms with Crippen molar-refractivity contribution in [3.8, 4) is 0 Å². The van der Waals surface area contributed by atoms with Crippen LogP contribution in [0.25, 0.3) is 0 Å². The molecule has 1 aromatic heterocycles. The summed E-state index contributed by atoms with van der Waals surface area (Å²) in [6, 6.07) is 19.6. The minimum atomic E-state index is -0.642. The van der Waals surface area contributed by atoms with E-state index in [2.05, 4.69) is 39.8 Å². The van der Waals surface area contributed by atoms with Crippen molar-refractivity contribution in [1.82, 2.24) is 10.6 Å². The Labute approximate surface area is 184 Å². The second kappa shape index (κ2) is 9.32. The summed E-state index contributed by atoms with van der Waals surface area (Å²) in [5.74, 6) is -1.27. The number of anilines is 1. The molecule has 2 amide bonds. The Morgan fingerprint density at radius 2 is 1.77 bits per heavy atom. The van der Waals surface area contributed by atoms with Gasteiger partial charge in [-0.1, -0.05) is 48.0 Å². The van der Waals surface area contributed by atoms with Crippen molar-refractivity contribution < 1.29 is 9.59 Å². The number of hydrogen-bond acceptors (Lipinski definition) is 4. The summed E-state index contributed by atoms with van der Waals surface area (Å²) >= 11 is 7.53. The van der Waals surface area contributed by atoms with Crippen molar-refractivity contribution in [3.63, 3.8) is 0 Å². The number of carbonyl (C=O) groups excluding carboxylic acids is 2. The molecule has 0 radical (unpaired) electrons. The van der Waals surface area contributed by atoms with Crippen LogP contribution < -0.4 is 15.5 Å². The zero-order valence-electron chi connectivity index (χ0n) is 16.3. The SMILES string of the molecule is O=C(NCc1ccc(Cl)cc1)C(=O)NCC(c1cccs1)N1CCc2ccccc21. The second-order valence-corrected chi connectivity index (χ2v) is 8.54. The maximum Gasteiger partial charge on any atom is 0.309 e. The van der Waals surface area contributed by atoms with Gasteiger partial charge in [0.25, 0.3) is 0 Å². The highest BCUT2D eigenvalue weighted by Gasteiger charge is 2.28. The van der Waals surface area contributed by atoms with Crippen LogP contribution in [0.15, 0.2) is 66.0 Å². The number of benzene rings is 2. The van der Waals surface area contributed by atoms with Crippen molar-refractivity contribution in [2.45, 2.75) is 19.0 Å². The Morgan fingerprint density at radius 3 is 2.53 bits per heavy atom. The molecule has 7 heteroatoms. The van der Waals surface area contributed by atoms with E-state index in [-0.39, 0.29) is 12.6 Å². The lowest BCUT2D eigenvalue weighted by Crippen LogP contribution is -2.43. The Balaban J connectivity index is 1.38. The summed E-state index contributed by atoms with van der Waals surface area (Å²) in [6.45, 7) is 1.53. The van der Waals surface area contributed by atoms with E-state index >= 15 is 0 Å². The highest BCUT2D eigenvalue weighted by molar-refractivity contribution is 7.10. The molecule has 1 unspecified atom stereocenters. The molecule has 2 aromatic carbocycles. The van der Waals surface area contributed by atoms with Crippen molar-refractivity contribution in [2.24, 2.45) is 0 Å². The summed E-state index contributed by atoms with van der Waals surface area (Å²) in [4.78, 5) is 28.1. The predicted octanol–water partition coefficient (Wildman–Crippen LogP) is 3.94. The number of nitrogens with one attached hydrogen (secondary N) is 2. The van der Waals surface area contributed by atoms with Gasteiger partial charge in [-0.25, -0.2) is 0 Å². The minimum absolute atomic E-state index is 0.0123. The Kier molecular flexibility index (Phi) is 6.35. The van der Waals surface area contributed by atoms with Gasteiger partial charge in [0.15, 0.2) is 0 Å². The molecule has 30 heavy (non-hydrogen) atoms. The van der Waals surface area contributed by atoms with Crippen molar-refractivity contribution in [3.05, 3.63) is 87.1 Å². The molecule has 0 spiro atoms. The van der Waals surface area contributed by atoms with E-state index in [0.717, 1.165) is 23.4 Å². The molecular formula is C23H22ClN3O2S. The first kappa shape index (κ1) is 20.4. The number of halogens is 1. The molecule has 1 aliphatic heterocycles. The fraction of sp³-hybridized carbons (Fsp3) is 0.217. The van der Waals surface area contributed by atoms with E-state index in [0.29, 0.717) is 11.6 Å². The van der Waals surface area contributed by atoms with Crippen molar-refractivity contribution in [2.75, 3.05) is 18.0 Å². The first-order valence-corrected chi connectivity index (χ1v) is 11.1. The largest absolute Gasteiger partial charge is 0.361 e. The third kappa shape index (κ3) is 4.66. The minimum Gasteiger partial charge on any atom is -0.361 e. The summed E-state index contributed by atoms with van der Waals surface area (Å²) in [6.07, 6.45) is 0.980. The Morgan fingerprint density at radius 1 is 1.00 bits per heavy atom. The maximum atomic E-state index is 12.4. The van der Waals surface area contributed by atoms with Gasteiger partial charge in [-0.3, -0.25) is 9.59 Å². The van der Waals surface area contributed by atoms with Gasteiger partial charge < -0.3 is 15.5 Å². The van der Waals surface area contributed by atoms with Gasteiger partial charge in [0.1, 0.15) is 0 Å².